The molecule has 0 aromatic heterocycles. The molecule has 4 heteroatoms. The van der Waals surface area contributed by atoms with Gasteiger partial charge in [0, 0.05) is 0 Å². The second-order valence-electron chi connectivity index (χ2n) is 5.03. The van der Waals surface area contributed by atoms with Crippen molar-refractivity contribution in [2.45, 2.75) is 6.04 Å². The number of fused-ring (bicyclic) bond motifs is 3. The highest BCUT2D eigenvalue weighted by atomic mass is 35.5. The lowest BCUT2D eigenvalue weighted by atomic mass is 9.94. The van der Waals surface area contributed by atoms with Crippen LogP contribution in [0.4, 0.5) is 4.79 Å². The van der Waals surface area contributed by atoms with Crippen molar-refractivity contribution < 1.29 is 9.53 Å². The van der Waals surface area contributed by atoms with E-state index in [-0.39, 0.29) is 24.5 Å². The van der Waals surface area contributed by atoms with Crippen molar-refractivity contribution in [2.24, 2.45) is 0 Å². The SMILES string of the molecule is Cl.O=C1N[C@@H](c2cc3ccccc3c3ccccc23)CO1. The smallest absolute Gasteiger partial charge is 0.407 e. The summed E-state index contributed by atoms with van der Waals surface area (Å²) in [6.45, 7) is 0.390. The van der Waals surface area contributed by atoms with Gasteiger partial charge in [0.05, 0.1) is 6.04 Å². The van der Waals surface area contributed by atoms with Crippen LogP contribution in [0.1, 0.15) is 11.6 Å². The Balaban J connectivity index is 0.00000132. The van der Waals surface area contributed by atoms with Crippen molar-refractivity contribution in [3.8, 4) is 0 Å². The van der Waals surface area contributed by atoms with E-state index in [0.717, 1.165) is 5.56 Å². The Labute approximate surface area is 128 Å². The zero-order valence-electron chi connectivity index (χ0n) is 11.2. The molecular formula is C17H14ClNO2. The quantitative estimate of drug-likeness (QED) is 0.684. The Bertz CT molecular complexity index is 831. The topological polar surface area (TPSA) is 38.3 Å². The first kappa shape index (κ1) is 13.7. The fraction of sp³-hybridized carbons (Fsp3) is 0.118. The lowest BCUT2D eigenvalue weighted by molar-refractivity contribution is 0.177. The lowest BCUT2D eigenvalue weighted by Gasteiger charge is -2.14. The number of amides is 1. The van der Waals surface area contributed by atoms with Crippen molar-refractivity contribution in [1.82, 2.24) is 5.32 Å². The van der Waals surface area contributed by atoms with Crippen molar-refractivity contribution >= 4 is 40.0 Å². The summed E-state index contributed by atoms with van der Waals surface area (Å²) in [5.74, 6) is 0. The average Bonchev–Trinajstić information content (AvgIpc) is 2.93. The minimum Gasteiger partial charge on any atom is -0.447 e. The normalized spacial score (nSPS) is 17.3. The number of carbonyl (C=O) groups is 1. The molecule has 3 aromatic carbocycles. The van der Waals surface area contributed by atoms with Crippen LogP contribution in [-0.2, 0) is 4.74 Å². The van der Waals surface area contributed by atoms with Crippen LogP contribution in [0.2, 0.25) is 0 Å². The van der Waals surface area contributed by atoms with Crippen LogP contribution in [0.25, 0.3) is 21.5 Å². The van der Waals surface area contributed by atoms with Gasteiger partial charge in [0.1, 0.15) is 6.61 Å². The van der Waals surface area contributed by atoms with Gasteiger partial charge in [-0.25, -0.2) is 4.79 Å². The van der Waals surface area contributed by atoms with E-state index in [9.17, 15) is 4.79 Å². The molecule has 0 unspecified atom stereocenters. The van der Waals surface area contributed by atoms with Gasteiger partial charge in [-0.15, -0.1) is 12.4 Å². The van der Waals surface area contributed by atoms with E-state index in [2.05, 4.69) is 41.7 Å². The van der Waals surface area contributed by atoms with Crippen LogP contribution in [0.15, 0.2) is 54.6 Å². The Morgan fingerprint density at radius 2 is 1.62 bits per heavy atom. The van der Waals surface area contributed by atoms with Crippen LogP contribution in [0.5, 0.6) is 0 Å². The molecule has 0 spiro atoms. The molecule has 0 saturated carbocycles. The zero-order valence-corrected chi connectivity index (χ0v) is 12.0. The molecule has 1 heterocycles. The summed E-state index contributed by atoms with van der Waals surface area (Å²) in [6.07, 6.45) is -0.341. The maximum atomic E-state index is 11.3. The third-order valence-electron chi connectivity index (χ3n) is 3.85. The van der Waals surface area contributed by atoms with E-state index in [0.29, 0.717) is 6.61 Å². The molecule has 1 amide bonds. The van der Waals surface area contributed by atoms with E-state index in [1.54, 1.807) is 0 Å². The summed E-state index contributed by atoms with van der Waals surface area (Å²) in [4.78, 5) is 11.3. The Hall–Kier alpha value is -2.26. The Morgan fingerprint density at radius 3 is 2.33 bits per heavy atom. The monoisotopic (exact) mass is 299 g/mol. The van der Waals surface area contributed by atoms with Gasteiger partial charge < -0.3 is 10.1 Å². The zero-order chi connectivity index (χ0) is 13.5. The third-order valence-corrected chi connectivity index (χ3v) is 3.85. The third kappa shape index (κ3) is 2.20. The van der Waals surface area contributed by atoms with Crippen molar-refractivity contribution in [2.75, 3.05) is 6.61 Å². The highest BCUT2D eigenvalue weighted by Crippen LogP contribution is 2.33. The molecule has 4 rings (SSSR count). The summed E-state index contributed by atoms with van der Waals surface area (Å²) in [5.41, 5.74) is 1.12. The fourth-order valence-corrected chi connectivity index (χ4v) is 2.92. The summed E-state index contributed by atoms with van der Waals surface area (Å²) in [7, 11) is 0. The van der Waals surface area contributed by atoms with Crippen molar-refractivity contribution in [1.29, 1.82) is 0 Å². The first-order chi connectivity index (χ1) is 9.83. The predicted octanol–water partition coefficient (Wildman–Crippen LogP) is 4.20. The van der Waals surface area contributed by atoms with E-state index in [1.165, 1.54) is 21.5 Å². The minimum absolute atomic E-state index is 0. The van der Waals surface area contributed by atoms with Crippen molar-refractivity contribution in [3.63, 3.8) is 0 Å². The molecule has 1 atom stereocenters. The van der Waals surface area contributed by atoms with Gasteiger partial charge in [-0.2, -0.15) is 0 Å². The van der Waals surface area contributed by atoms with E-state index >= 15 is 0 Å². The largest absolute Gasteiger partial charge is 0.447 e. The molecule has 0 aliphatic carbocycles. The number of carbonyl (C=O) groups excluding carboxylic acids is 1. The molecule has 1 N–H and O–H groups in total. The number of hydrogen-bond acceptors (Lipinski definition) is 2. The lowest BCUT2D eigenvalue weighted by Crippen LogP contribution is -2.18. The van der Waals surface area contributed by atoms with Crippen LogP contribution in [0.3, 0.4) is 0 Å². The van der Waals surface area contributed by atoms with Gasteiger partial charge in [-0.3, -0.25) is 0 Å². The average molecular weight is 300 g/mol. The number of rotatable bonds is 1. The summed E-state index contributed by atoms with van der Waals surface area (Å²) in [5, 5.41) is 7.66. The van der Waals surface area contributed by atoms with Gasteiger partial charge in [0.15, 0.2) is 0 Å². The molecule has 1 fully saturated rings. The number of hydrogen-bond donors (Lipinski definition) is 1. The summed E-state index contributed by atoms with van der Waals surface area (Å²) >= 11 is 0. The summed E-state index contributed by atoms with van der Waals surface area (Å²) < 4.78 is 5.03. The first-order valence-corrected chi connectivity index (χ1v) is 6.66. The van der Waals surface area contributed by atoms with Gasteiger partial charge >= 0.3 is 6.09 Å². The molecule has 0 radical (unpaired) electrons. The first-order valence-electron chi connectivity index (χ1n) is 6.66. The Morgan fingerprint density at radius 1 is 0.952 bits per heavy atom. The molecule has 106 valence electrons. The van der Waals surface area contributed by atoms with E-state index < -0.39 is 0 Å². The van der Waals surface area contributed by atoms with Crippen molar-refractivity contribution in [3.05, 3.63) is 60.2 Å². The number of halogens is 1. The van der Waals surface area contributed by atoms with Crippen LogP contribution < -0.4 is 5.32 Å². The number of ether oxygens (including phenoxy) is 1. The highest BCUT2D eigenvalue weighted by molar-refractivity contribution is 6.09. The van der Waals surface area contributed by atoms with Crippen LogP contribution in [0, 0.1) is 0 Å². The second-order valence-corrected chi connectivity index (χ2v) is 5.03. The molecule has 21 heavy (non-hydrogen) atoms. The van der Waals surface area contributed by atoms with Crippen LogP contribution >= 0.6 is 12.4 Å². The summed E-state index contributed by atoms with van der Waals surface area (Å²) in [6, 6.07) is 18.7. The predicted molar refractivity (Wildman–Crippen MR) is 85.9 cm³/mol. The minimum atomic E-state index is -0.341. The number of benzene rings is 3. The molecule has 1 saturated heterocycles. The molecule has 3 nitrogen and oxygen atoms in total. The fourth-order valence-electron chi connectivity index (χ4n) is 2.92. The highest BCUT2D eigenvalue weighted by Gasteiger charge is 2.25. The molecule has 0 bridgehead atoms. The van der Waals surface area contributed by atoms with E-state index in [4.69, 9.17) is 4.74 Å². The molecular weight excluding hydrogens is 286 g/mol. The molecule has 1 aliphatic rings. The van der Waals surface area contributed by atoms with Crippen LogP contribution in [-0.4, -0.2) is 12.7 Å². The number of alkyl carbamates (subject to hydrolysis) is 1. The molecule has 3 aromatic rings. The van der Waals surface area contributed by atoms with Gasteiger partial charge in [-0.1, -0.05) is 48.5 Å². The maximum absolute atomic E-state index is 11.3. The maximum Gasteiger partial charge on any atom is 0.407 e. The number of cyclic esters (lactones) is 1. The number of nitrogens with one attached hydrogen (secondary N) is 1. The van der Waals surface area contributed by atoms with E-state index in [1.807, 2.05) is 18.2 Å². The Kier molecular flexibility index (Phi) is 3.43. The molecule has 1 aliphatic heterocycles. The standard InChI is InChI=1S/C17H13NO2.ClH/c19-17-18-16(10-20-17)15-9-11-5-1-2-6-12(11)13-7-3-4-8-14(13)15;/h1-9,16H,10H2,(H,18,19);1H/t16-;/m1./s1. The van der Waals surface area contributed by atoms with Gasteiger partial charge in [0.25, 0.3) is 0 Å². The second kappa shape index (κ2) is 5.26. The van der Waals surface area contributed by atoms with Gasteiger partial charge in [0.2, 0.25) is 0 Å². The van der Waals surface area contributed by atoms with Gasteiger partial charge in [-0.05, 0) is 33.2 Å².